The van der Waals surface area contributed by atoms with Gasteiger partial charge < -0.3 is 9.64 Å². The van der Waals surface area contributed by atoms with Gasteiger partial charge in [0.1, 0.15) is 0 Å². The molecule has 8 heteroatoms. The third-order valence-electron chi connectivity index (χ3n) is 3.97. The smallest absolute Gasteiger partial charge is 0.307 e. The minimum Gasteiger partial charge on any atom is -0.466 e. The topological polar surface area (TPSA) is 75.7 Å². The Labute approximate surface area is 148 Å². The minimum atomic E-state index is -3.53. The molecular formula is C16H23ClN2O4S. The summed E-state index contributed by atoms with van der Waals surface area (Å²) in [6.07, 6.45) is 1.81. The molecule has 6 nitrogen and oxygen atoms in total. The largest absolute Gasteiger partial charge is 0.466 e. The Balaban J connectivity index is 1.80. The molecule has 134 valence electrons. The van der Waals surface area contributed by atoms with Crippen molar-refractivity contribution in [1.82, 2.24) is 9.62 Å². The number of hydrogen-bond acceptors (Lipinski definition) is 5. The van der Waals surface area contributed by atoms with Crippen LogP contribution in [0.5, 0.6) is 0 Å². The lowest BCUT2D eigenvalue weighted by Crippen LogP contribution is -2.45. The molecule has 0 aliphatic carbocycles. The average Bonchev–Trinajstić information content (AvgIpc) is 2.54. The minimum absolute atomic E-state index is 0.0930. The molecule has 1 fully saturated rings. The highest BCUT2D eigenvalue weighted by Crippen LogP contribution is 2.17. The number of hydrogen-bond donors (Lipinski definition) is 1. The summed E-state index contributed by atoms with van der Waals surface area (Å²) >= 11 is 5.79. The molecule has 0 aromatic heterocycles. The number of nitrogens with one attached hydrogen (secondary N) is 1. The summed E-state index contributed by atoms with van der Waals surface area (Å²) < 4.78 is 32.4. The predicted molar refractivity (Wildman–Crippen MR) is 92.5 cm³/mol. The first-order valence-electron chi connectivity index (χ1n) is 8.06. The molecule has 0 atom stereocenters. The first-order chi connectivity index (χ1) is 11.4. The van der Waals surface area contributed by atoms with Crippen LogP contribution < -0.4 is 4.72 Å². The van der Waals surface area contributed by atoms with Gasteiger partial charge in [-0.1, -0.05) is 11.6 Å². The maximum Gasteiger partial charge on any atom is 0.307 e. The fourth-order valence-electron chi connectivity index (χ4n) is 2.66. The molecule has 1 aromatic rings. The molecule has 0 spiro atoms. The second-order valence-corrected chi connectivity index (χ2v) is 7.90. The van der Waals surface area contributed by atoms with Gasteiger partial charge in [-0.25, -0.2) is 13.1 Å². The summed E-state index contributed by atoms with van der Waals surface area (Å²) in [5.41, 5.74) is 0. The van der Waals surface area contributed by atoms with E-state index in [2.05, 4.69) is 9.62 Å². The van der Waals surface area contributed by atoms with Gasteiger partial charge in [-0.2, -0.15) is 0 Å². The van der Waals surface area contributed by atoms with Crippen molar-refractivity contribution in [3.8, 4) is 0 Å². The zero-order chi connectivity index (χ0) is 17.6. The van der Waals surface area contributed by atoms with Crippen LogP contribution in [0.25, 0.3) is 0 Å². The Morgan fingerprint density at radius 3 is 2.50 bits per heavy atom. The fourth-order valence-corrected chi connectivity index (χ4v) is 4.09. The molecule has 0 radical (unpaired) electrons. The van der Waals surface area contributed by atoms with Gasteiger partial charge in [0, 0.05) is 17.6 Å². The summed E-state index contributed by atoms with van der Waals surface area (Å²) in [7, 11) is -3.53. The van der Waals surface area contributed by atoms with Crippen molar-refractivity contribution in [3.63, 3.8) is 0 Å². The number of sulfonamides is 1. The maximum atomic E-state index is 12.4. The summed E-state index contributed by atoms with van der Waals surface area (Å²) in [6.45, 7) is 4.35. The van der Waals surface area contributed by atoms with Gasteiger partial charge >= 0.3 is 5.97 Å². The van der Waals surface area contributed by atoms with Gasteiger partial charge in [-0.15, -0.1) is 0 Å². The van der Waals surface area contributed by atoms with E-state index in [0.29, 0.717) is 24.6 Å². The molecule has 0 bridgehead atoms. The highest BCUT2D eigenvalue weighted by Gasteiger charge is 2.24. The lowest BCUT2D eigenvalue weighted by Gasteiger charge is -2.31. The Morgan fingerprint density at radius 2 is 1.92 bits per heavy atom. The lowest BCUT2D eigenvalue weighted by molar-refractivity contribution is -0.143. The third kappa shape index (κ3) is 5.73. The van der Waals surface area contributed by atoms with E-state index in [9.17, 15) is 13.2 Å². The van der Waals surface area contributed by atoms with Gasteiger partial charge in [0.2, 0.25) is 10.0 Å². The number of rotatable bonds is 7. The van der Waals surface area contributed by atoms with Crippen molar-refractivity contribution in [2.45, 2.75) is 37.1 Å². The normalized spacial score (nSPS) is 16.9. The first-order valence-corrected chi connectivity index (χ1v) is 9.92. The molecule has 24 heavy (non-hydrogen) atoms. The van der Waals surface area contributed by atoms with Crippen molar-refractivity contribution in [1.29, 1.82) is 0 Å². The molecule has 2 rings (SSSR count). The summed E-state index contributed by atoms with van der Waals surface area (Å²) in [6, 6.07) is 6.03. The summed E-state index contributed by atoms with van der Waals surface area (Å²) in [5.74, 6) is -0.192. The zero-order valence-electron chi connectivity index (χ0n) is 13.7. The number of carbonyl (C=O) groups excluding carboxylic acids is 1. The van der Waals surface area contributed by atoms with Gasteiger partial charge in [0.15, 0.2) is 0 Å². The van der Waals surface area contributed by atoms with E-state index in [1.165, 1.54) is 12.1 Å². The quantitative estimate of drug-likeness (QED) is 0.739. The molecule has 1 aliphatic rings. The van der Waals surface area contributed by atoms with Crippen LogP contribution in [0.15, 0.2) is 29.2 Å². The second kappa shape index (κ2) is 8.80. The van der Waals surface area contributed by atoms with Crippen LogP contribution in [0.3, 0.4) is 0 Å². The van der Waals surface area contributed by atoms with E-state index in [4.69, 9.17) is 16.3 Å². The van der Waals surface area contributed by atoms with Crippen LogP contribution in [-0.2, 0) is 19.6 Å². The molecule has 1 saturated heterocycles. The number of likely N-dealkylation sites (tertiary alicyclic amines) is 1. The van der Waals surface area contributed by atoms with Crippen LogP contribution in [-0.4, -0.2) is 51.6 Å². The molecule has 0 amide bonds. The Hall–Kier alpha value is -1.15. The van der Waals surface area contributed by atoms with Crippen molar-refractivity contribution in [2.75, 3.05) is 26.2 Å². The van der Waals surface area contributed by atoms with Gasteiger partial charge in [-0.05, 0) is 57.1 Å². The lowest BCUT2D eigenvalue weighted by atomic mass is 10.1. The number of nitrogens with zero attached hydrogens (tertiary/aromatic N) is 1. The molecule has 1 aliphatic heterocycles. The standard InChI is InChI=1S/C16H23ClN2O4S/c1-2-23-16(20)9-12-19-10-7-14(8-11-19)18-24(21,22)15-5-3-13(17)4-6-15/h3-6,14,18H,2,7-12H2,1H3. The molecule has 1 N–H and O–H groups in total. The highest BCUT2D eigenvalue weighted by atomic mass is 35.5. The molecule has 0 saturated carbocycles. The monoisotopic (exact) mass is 374 g/mol. The summed E-state index contributed by atoms with van der Waals surface area (Å²) in [5, 5.41) is 0.504. The molecule has 0 unspecified atom stereocenters. The van der Waals surface area contributed by atoms with E-state index >= 15 is 0 Å². The van der Waals surface area contributed by atoms with Crippen molar-refractivity contribution in [3.05, 3.63) is 29.3 Å². The molecule has 1 aromatic carbocycles. The second-order valence-electron chi connectivity index (χ2n) is 5.75. The number of benzene rings is 1. The van der Waals surface area contributed by atoms with Crippen molar-refractivity contribution in [2.24, 2.45) is 0 Å². The predicted octanol–water partition coefficient (Wildman–Crippen LogP) is 2.04. The van der Waals surface area contributed by atoms with Crippen LogP contribution in [0.4, 0.5) is 0 Å². The molecular weight excluding hydrogens is 352 g/mol. The molecule has 1 heterocycles. The number of ether oxygens (including phenoxy) is 1. The number of halogens is 1. The Kier molecular flexibility index (Phi) is 7.03. The van der Waals surface area contributed by atoms with E-state index in [1.54, 1.807) is 19.1 Å². The Bertz CT molecular complexity index is 641. The third-order valence-corrected chi connectivity index (χ3v) is 5.76. The SMILES string of the molecule is CCOC(=O)CCN1CCC(NS(=O)(=O)c2ccc(Cl)cc2)CC1. The van der Waals surface area contributed by atoms with E-state index < -0.39 is 10.0 Å². The van der Waals surface area contributed by atoms with E-state index in [-0.39, 0.29) is 16.9 Å². The van der Waals surface area contributed by atoms with E-state index in [1.807, 2.05) is 0 Å². The number of esters is 1. The first kappa shape index (κ1) is 19.2. The van der Waals surface area contributed by atoms with Crippen LogP contribution in [0, 0.1) is 0 Å². The van der Waals surface area contributed by atoms with Crippen LogP contribution in [0.1, 0.15) is 26.2 Å². The summed E-state index contributed by atoms with van der Waals surface area (Å²) in [4.78, 5) is 13.7. The Morgan fingerprint density at radius 1 is 1.29 bits per heavy atom. The van der Waals surface area contributed by atoms with Gasteiger partial charge in [0.05, 0.1) is 17.9 Å². The van der Waals surface area contributed by atoms with Gasteiger partial charge in [-0.3, -0.25) is 4.79 Å². The van der Waals surface area contributed by atoms with Crippen LogP contribution >= 0.6 is 11.6 Å². The average molecular weight is 375 g/mol. The maximum absolute atomic E-state index is 12.4. The van der Waals surface area contributed by atoms with Crippen molar-refractivity contribution < 1.29 is 17.9 Å². The number of piperidine rings is 1. The van der Waals surface area contributed by atoms with Crippen LogP contribution in [0.2, 0.25) is 5.02 Å². The zero-order valence-corrected chi connectivity index (χ0v) is 15.3. The van der Waals surface area contributed by atoms with Crippen molar-refractivity contribution >= 4 is 27.6 Å². The number of carbonyl (C=O) groups is 1. The fraction of sp³-hybridized carbons (Fsp3) is 0.562. The highest BCUT2D eigenvalue weighted by molar-refractivity contribution is 7.89. The van der Waals surface area contributed by atoms with E-state index in [0.717, 1.165) is 25.9 Å². The van der Waals surface area contributed by atoms with Gasteiger partial charge in [0.25, 0.3) is 0 Å².